The number of anilines is 1. The van der Waals surface area contributed by atoms with Crippen LogP contribution in [0.2, 0.25) is 0 Å². The first kappa shape index (κ1) is 16.8. The van der Waals surface area contributed by atoms with Crippen LogP contribution in [-0.4, -0.2) is 5.91 Å². The molecule has 0 bridgehead atoms. The fraction of sp³-hybridized carbons (Fsp3) is 0.136. The van der Waals surface area contributed by atoms with Crippen molar-refractivity contribution in [1.29, 1.82) is 0 Å². The molecule has 0 aliphatic carbocycles. The lowest BCUT2D eigenvalue weighted by Crippen LogP contribution is -2.13. The normalized spacial score (nSPS) is 10.5. The predicted octanol–water partition coefficient (Wildman–Crippen LogP) is 5.85. The van der Waals surface area contributed by atoms with Gasteiger partial charge in [0.15, 0.2) is 0 Å². The monoisotopic (exact) mass is 331 g/mol. The van der Waals surface area contributed by atoms with E-state index in [-0.39, 0.29) is 5.91 Å². The zero-order valence-electron chi connectivity index (χ0n) is 14.4. The molecule has 3 aromatic carbocycles. The molecule has 0 aliphatic rings. The molecule has 1 N–H and O–H groups in total. The van der Waals surface area contributed by atoms with Gasteiger partial charge < -0.3 is 10.1 Å². The molecule has 0 atom stereocenters. The van der Waals surface area contributed by atoms with E-state index in [2.05, 4.69) is 19.2 Å². The number of benzene rings is 3. The lowest BCUT2D eigenvalue weighted by molar-refractivity contribution is 0.102. The first-order chi connectivity index (χ1) is 12.1. The van der Waals surface area contributed by atoms with Gasteiger partial charge in [0.05, 0.1) is 0 Å². The summed E-state index contributed by atoms with van der Waals surface area (Å²) in [6, 6.07) is 24.6. The van der Waals surface area contributed by atoms with Crippen LogP contribution in [0, 0.1) is 0 Å². The van der Waals surface area contributed by atoms with Crippen LogP contribution < -0.4 is 10.1 Å². The highest BCUT2D eigenvalue weighted by atomic mass is 16.5. The molecule has 0 aromatic heterocycles. The lowest BCUT2D eigenvalue weighted by atomic mass is 10.0. The Hall–Kier alpha value is -3.07. The molecule has 0 saturated carbocycles. The van der Waals surface area contributed by atoms with Gasteiger partial charge >= 0.3 is 0 Å². The molecule has 1 amide bonds. The average Bonchev–Trinajstić information content (AvgIpc) is 2.63. The van der Waals surface area contributed by atoms with E-state index in [0.29, 0.717) is 17.2 Å². The summed E-state index contributed by atoms with van der Waals surface area (Å²) >= 11 is 0. The number of amides is 1. The van der Waals surface area contributed by atoms with E-state index in [4.69, 9.17) is 4.74 Å². The smallest absolute Gasteiger partial charge is 0.255 e. The molecule has 126 valence electrons. The third-order valence-electron chi connectivity index (χ3n) is 3.93. The molecule has 0 fully saturated rings. The molecular weight excluding hydrogens is 310 g/mol. The van der Waals surface area contributed by atoms with Crippen molar-refractivity contribution >= 4 is 11.6 Å². The number of ether oxygens (including phenoxy) is 1. The van der Waals surface area contributed by atoms with E-state index < -0.39 is 0 Å². The van der Waals surface area contributed by atoms with Crippen LogP contribution in [0.15, 0.2) is 78.9 Å². The van der Waals surface area contributed by atoms with E-state index in [1.807, 2.05) is 54.6 Å². The molecular formula is C22H21NO2. The van der Waals surface area contributed by atoms with E-state index in [1.54, 1.807) is 24.3 Å². The third kappa shape index (κ3) is 4.27. The molecule has 0 saturated heterocycles. The Labute approximate surface area is 148 Å². The molecule has 3 aromatic rings. The van der Waals surface area contributed by atoms with Crippen molar-refractivity contribution in [2.24, 2.45) is 0 Å². The maximum atomic E-state index is 12.5. The SMILES string of the molecule is CC(C)c1ccccc1NC(=O)c1ccc(Oc2ccccc2)cc1. The minimum Gasteiger partial charge on any atom is -0.457 e. The van der Waals surface area contributed by atoms with Gasteiger partial charge in [-0.25, -0.2) is 0 Å². The highest BCUT2D eigenvalue weighted by Gasteiger charge is 2.11. The number of nitrogens with one attached hydrogen (secondary N) is 1. The van der Waals surface area contributed by atoms with Gasteiger partial charge in [-0.15, -0.1) is 0 Å². The van der Waals surface area contributed by atoms with Gasteiger partial charge in [0.25, 0.3) is 5.91 Å². The van der Waals surface area contributed by atoms with Crippen molar-refractivity contribution < 1.29 is 9.53 Å². The van der Waals surface area contributed by atoms with Crippen LogP contribution in [0.25, 0.3) is 0 Å². The highest BCUT2D eigenvalue weighted by molar-refractivity contribution is 6.04. The fourth-order valence-corrected chi connectivity index (χ4v) is 2.61. The summed E-state index contributed by atoms with van der Waals surface area (Å²) in [5, 5.41) is 3.00. The minimum absolute atomic E-state index is 0.126. The van der Waals surface area contributed by atoms with E-state index >= 15 is 0 Å². The van der Waals surface area contributed by atoms with Crippen molar-refractivity contribution in [1.82, 2.24) is 0 Å². The highest BCUT2D eigenvalue weighted by Crippen LogP contribution is 2.25. The van der Waals surface area contributed by atoms with Crippen molar-refractivity contribution in [2.75, 3.05) is 5.32 Å². The van der Waals surface area contributed by atoms with Crippen LogP contribution in [0.1, 0.15) is 35.7 Å². The second kappa shape index (κ2) is 7.67. The maximum Gasteiger partial charge on any atom is 0.255 e. The summed E-state index contributed by atoms with van der Waals surface area (Å²) in [6.07, 6.45) is 0. The number of hydrogen-bond acceptors (Lipinski definition) is 2. The van der Waals surface area contributed by atoms with Crippen LogP contribution >= 0.6 is 0 Å². The Bertz CT molecular complexity index is 839. The Kier molecular flexibility index (Phi) is 5.14. The van der Waals surface area contributed by atoms with E-state index in [9.17, 15) is 4.79 Å². The largest absolute Gasteiger partial charge is 0.457 e. The molecule has 25 heavy (non-hydrogen) atoms. The van der Waals surface area contributed by atoms with Gasteiger partial charge in [-0.3, -0.25) is 4.79 Å². The van der Waals surface area contributed by atoms with Gasteiger partial charge in [-0.05, 0) is 53.9 Å². The number of carbonyl (C=O) groups is 1. The fourth-order valence-electron chi connectivity index (χ4n) is 2.61. The summed E-state index contributed by atoms with van der Waals surface area (Å²) in [7, 11) is 0. The Balaban J connectivity index is 1.71. The van der Waals surface area contributed by atoms with Crippen molar-refractivity contribution in [3.63, 3.8) is 0 Å². The zero-order chi connectivity index (χ0) is 17.6. The van der Waals surface area contributed by atoms with E-state index in [1.165, 1.54) is 0 Å². The van der Waals surface area contributed by atoms with Crippen LogP contribution in [0.5, 0.6) is 11.5 Å². The molecule has 3 heteroatoms. The Morgan fingerprint density at radius 2 is 1.40 bits per heavy atom. The summed E-state index contributed by atoms with van der Waals surface area (Å²) in [5.41, 5.74) is 2.57. The average molecular weight is 331 g/mol. The molecule has 3 nitrogen and oxygen atoms in total. The van der Waals surface area contributed by atoms with Crippen molar-refractivity contribution in [3.05, 3.63) is 90.0 Å². The molecule has 0 heterocycles. The van der Waals surface area contributed by atoms with Crippen molar-refractivity contribution in [2.45, 2.75) is 19.8 Å². The van der Waals surface area contributed by atoms with E-state index in [0.717, 1.165) is 17.0 Å². The predicted molar refractivity (Wildman–Crippen MR) is 101 cm³/mol. The minimum atomic E-state index is -0.126. The molecule has 0 aliphatic heterocycles. The van der Waals surface area contributed by atoms with Gasteiger partial charge in [0, 0.05) is 11.3 Å². The summed E-state index contributed by atoms with van der Waals surface area (Å²) < 4.78 is 5.75. The van der Waals surface area contributed by atoms with Crippen LogP contribution in [-0.2, 0) is 0 Å². The Morgan fingerprint density at radius 1 is 0.800 bits per heavy atom. The number of carbonyl (C=O) groups excluding carboxylic acids is 1. The van der Waals surface area contributed by atoms with Crippen LogP contribution in [0.3, 0.4) is 0 Å². The summed E-state index contributed by atoms with van der Waals surface area (Å²) in [4.78, 5) is 12.5. The van der Waals surface area contributed by atoms with Crippen LogP contribution in [0.4, 0.5) is 5.69 Å². The van der Waals surface area contributed by atoms with Crippen molar-refractivity contribution in [3.8, 4) is 11.5 Å². The molecule has 0 radical (unpaired) electrons. The zero-order valence-corrected chi connectivity index (χ0v) is 14.4. The molecule has 3 rings (SSSR count). The maximum absolute atomic E-state index is 12.5. The number of para-hydroxylation sites is 2. The number of hydrogen-bond donors (Lipinski definition) is 1. The second-order valence-electron chi connectivity index (χ2n) is 6.14. The summed E-state index contributed by atoms with van der Waals surface area (Å²) in [6.45, 7) is 4.22. The van der Waals surface area contributed by atoms with Gasteiger partial charge in [-0.1, -0.05) is 50.2 Å². The quantitative estimate of drug-likeness (QED) is 0.636. The second-order valence-corrected chi connectivity index (χ2v) is 6.14. The lowest BCUT2D eigenvalue weighted by Gasteiger charge is -2.13. The Morgan fingerprint density at radius 3 is 2.08 bits per heavy atom. The van der Waals surface area contributed by atoms with Gasteiger partial charge in [-0.2, -0.15) is 0 Å². The topological polar surface area (TPSA) is 38.3 Å². The first-order valence-corrected chi connectivity index (χ1v) is 8.37. The third-order valence-corrected chi connectivity index (χ3v) is 3.93. The molecule has 0 spiro atoms. The number of rotatable bonds is 5. The summed E-state index contributed by atoms with van der Waals surface area (Å²) in [5.74, 6) is 1.69. The van der Waals surface area contributed by atoms with Gasteiger partial charge in [0.1, 0.15) is 11.5 Å². The molecule has 0 unspecified atom stereocenters. The standard InChI is InChI=1S/C22H21NO2/c1-16(2)20-10-6-7-11-21(20)23-22(24)17-12-14-19(15-13-17)25-18-8-4-3-5-9-18/h3-16H,1-2H3,(H,23,24). The first-order valence-electron chi connectivity index (χ1n) is 8.37. The van der Waals surface area contributed by atoms with Gasteiger partial charge in [0.2, 0.25) is 0 Å².